The third-order valence-corrected chi connectivity index (χ3v) is 4.28. The number of benzene rings is 1. The van der Waals surface area contributed by atoms with E-state index in [1.165, 1.54) is 0 Å². The highest BCUT2D eigenvalue weighted by atomic mass is 16.2. The Morgan fingerprint density at radius 2 is 1.69 bits per heavy atom. The normalized spacial score (nSPS) is 11.8. The summed E-state index contributed by atoms with van der Waals surface area (Å²) in [6.45, 7) is 5.35. The van der Waals surface area contributed by atoms with Crippen molar-refractivity contribution in [1.29, 1.82) is 0 Å². The lowest BCUT2D eigenvalue weighted by molar-refractivity contribution is -0.117. The van der Waals surface area contributed by atoms with Gasteiger partial charge in [-0.25, -0.2) is 4.68 Å². The molecule has 0 aliphatic rings. The van der Waals surface area contributed by atoms with Gasteiger partial charge in [-0.15, -0.1) is 0 Å². The molecule has 3 aromatic rings. The molecule has 1 N–H and O–H groups in total. The van der Waals surface area contributed by atoms with Crippen molar-refractivity contribution in [1.82, 2.24) is 20.1 Å². The molecule has 0 radical (unpaired) electrons. The summed E-state index contributed by atoms with van der Waals surface area (Å²) in [6.07, 6.45) is 3.30. The largest absolute Gasteiger partial charge is 0.343 e. The van der Waals surface area contributed by atoms with Crippen LogP contribution < -0.4 is 5.32 Å². The van der Waals surface area contributed by atoms with Crippen LogP contribution in [0.4, 0.5) is 0 Å². The van der Waals surface area contributed by atoms with E-state index in [1.54, 1.807) is 43.1 Å². The number of aryl methyl sites for hydroxylation is 1. The molecule has 2 aromatic heterocycles. The molecule has 6 heteroatoms. The fourth-order valence-corrected chi connectivity index (χ4v) is 2.90. The van der Waals surface area contributed by atoms with Crippen molar-refractivity contribution in [2.45, 2.75) is 26.8 Å². The van der Waals surface area contributed by atoms with Gasteiger partial charge in [0, 0.05) is 12.4 Å². The standard InChI is InChI=1S/C20H20N4O2/c1-13(16-9-11-21-12-10-16)22-20(26)19(25)18-14(2)23-24(15(18)3)17-7-5-4-6-8-17/h4-13H,1-3H3,(H,22,26). The van der Waals surface area contributed by atoms with Crippen molar-refractivity contribution in [2.24, 2.45) is 0 Å². The van der Waals surface area contributed by atoms with Gasteiger partial charge in [-0.05, 0) is 50.6 Å². The third-order valence-electron chi connectivity index (χ3n) is 4.28. The van der Waals surface area contributed by atoms with E-state index in [1.807, 2.05) is 37.3 Å². The minimum Gasteiger partial charge on any atom is -0.343 e. The van der Waals surface area contributed by atoms with Crippen LogP contribution in [0.3, 0.4) is 0 Å². The molecule has 0 spiro atoms. The van der Waals surface area contributed by atoms with Crippen LogP contribution in [0.5, 0.6) is 0 Å². The zero-order valence-electron chi connectivity index (χ0n) is 14.9. The summed E-state index contributed by atoms with van der Waals surface area (Å²) in [4.78, 5) is 29.1. The Hall–Kier alpha value is -3.28. The Morgan fingerprint density at radius 3 is 2.35 bits per heavy atom. The van der Waals surface area contributed by atoms with Gasteiger partial charge >= 0.3 is 0 Å². The van der Waals surface area contributed by atoms with Crippen LogP contribution in [-0.4, -0.2) is 26.5 Å². The fraction of sp³-hybridized carbons (Fsp3) is 0.200. The lowest BCUT2D eigenvalue weighted by Crippen LogP contribution is -2.33. The average molecular weight is 348 g/mol. The Balaban J connectivity index is 1.84. The molecular formula is C20H20N4O2. The number of nitrogens with one attached hydrogen (secondary N) is 1. The molecule has 1 amide bonds. The van der Waals surface area contributed by atoms with E-state index >= 15 is 0 Å². The molecule has 0 saturated carbocycles. The van der Waals surface area contributed by atoms with Crippen LogP contribution in [-0.2, 0) is 4.79 Å². The highest BCUT2D eigenvalue weighted by Gasteiger charge is 2.26. The topological polar surface area (TPSA) is 76.9 Å². The summed E-state index contributed by atoms with van der Waals surface area (Å²) in [7, 11) is 0. The molecule has 0 aliphatic carbocycles. The number of Topliss-reactive ketones (excluding diaryl/α,β-unsaturated/α-hetero) is 1. The Bertz CT molecular complexity index is 933. The molecule has 1 unspecified atom stereocenters. The number of para-hydroxylation sites is 1. The molecule has 2 heterocycles. The number of aromatic nitrogens is 3. The molecule has 6 nitrogen and oxygen atoms in total. The fourth-order valence-electron chi connectivity index (χ4n) is 2.90. The predicted octanol–water partition coefficient (Wildman–Crippen LogP) is 2.94. The van der Waals surface area contributed by atoms with Crippen LogP contribution in [0.25, 0.3) is 5.69 Å². The van der Waals surface area contributed by atoms with E-state index in [-0.39, 0.29) is 6.04 Å². The van der Waals surface area contributed by atoms with Gasteiger partial charge in [0.15, 0.2) is 0 Å². The monoisotopic (exact) mass is 348 g/mol. The van der Waals surface area contributed by atoms with Crippen molar-refractivity contribution in [3.63, 3.8) is 0 Å². The molecule has 132 valence electrons. The van der Waals surface area contributed by atoms with E-state index in [0.29, 0.717) is 17.0 Å². The third kappa shape index (κ3) is 3.39. The second kappa shape index (κ2) is 7.31. The van der Waals surface area contributed by atoms with E-state index in [9.17, 15) is 9.59 Å². The zero-order valence-corrected chi connectivity index (χ0v) is 14.9. The highest BCUT2D eigenvalue weighted by Crippen LogP contribution is 2.19. The highest BCUT2D eigenvalue weighted by molar-refractivity contribution is 6.43. The van der Waals surface area contributed by atoms with Crippen LogP contribution in [0.1, 0.15) is 40.3 Å². The lowest BCUT2D eigenvalue weighted by Gasteiger charge is -2.13. The van der Waals surface area contributed by atoms with Gasteiger partial charge in [0.2, 0.25) is 0 Å². The van der Waals surface area contributed by atoms with Gasteiger partial charge in [0.25, 0.3) is 11.7 Å². The summed E-state index contributed by atoms with van der Waals surface area (Å²) in [6, 6.07) is 12.8. The van der Waals surface area contributed by atoms with Crippen molar-refractivity contribution in [3.05, 3.63) is 77.4 Å². The number of rotatable bonds is 5. The maximum atomic E-state index is 12.7. The molecular weight excluding hydrogens is 328 g/mol. The number of nitrogens with zero attached hydrogens (tertiary/aromatic N) is 3. The molecule has 3 rings (SSSR count). The van der Waals surface area contributed by atoms with Crippen molar-refractivity contribution in [2.75, 3.05) is 0 Å². The molecule has 0 saturated heterocycles. The van der Waals surface area contributed by atoms with Gasteiger partial charge < -0.3 is 5.32 Å². The quantitative estimate of drug-likeness (QED) is 0.568. The Kier molecular flexibility index (Phi) is 4.93. The van der Waals surface area contributed by atoms with E-state index in [2.05, 4.69) is 15.4 Å². The van der Waals surface area contributed by atoms with Crippen LogP contribution in [0, 0.1) is 13.8 Å². The van der Waals surface area contributed by atoms with Gasteiger partial charge in [-0.1, -0.05) is 18.2 Å². The molecule has 26 heavy (non-hydrogen) atoms. The molecule has 0 bridgehead atoms. The second-order valence-electron chi connectivity index (χ2n) is 6.10. The van der Waals surface area contributed by atoms with Crippen molar-refractivity contribution in [3.8, 4) is 5.69 Å². The summed E-state index contributed by atoms with van der Waals surface area (Å²) >= 11 is 0. The summed E-state index contributed by atoms with van der Waals surface area (Å²) < 4.78 is 1.68. The average Bonchev–Trinajstić information content (AvgIpc) is 2.96. The van der Waals surface area contributed by atoms with E-state index < -0.39 is 11.7 Å². The number of carbonyl (C=O) groups is 2. The van der Waals surface area contributed by atoms with Crippen molar-refractivity contribution >= 4 is 11.7 Å². The maximum absolute atomic E-state index is 12.7. The first-order chi connectivity index (χ1) is 12.5. The predicted molar refractivity (Wildman–Crippen MR) is 98.2 cm³/mol. The molecule has 1 aromatic carbocycles. The number of pyridine rings is 1. The van der Waals surface area contributed by atoms with Gasteiger partial charge in [-0.2, -0.15) is 5.10 Å². The van der Waals surface area contributed by atoms with Gasteiger partial charge in [0.1, 0.15) is 0 Å². The second-order valence-corrected chi connectivity index (χ2v) is 6.10. The number of hydrogen-bond acceptors (Lipinski definition) is 4. The van der Waals surface area contributed by atoms with E-state index in [4.69, 9.17) is 0 Å². The van der Waals surface area contributed by atoms with E-state index in [0.717, 1.165) is 11.3 Å². The first-order valence-electron chi connectivity index (χ1n) is 8.35. The van der Waals surface area contributed by atoms with Crippen molar-refractivity contribution < 1.29 is 9.59 Å². The zero-order chi connectivity index (χ0) is 18.7. The maximum Gasteiger partial charge on any atom is 0.293 e. The number of hydrogen-bond donors (Lipinski definition) is 1. The van der Waals surface area contributed by atoms with Gasteiger partial charge in [0.05, 0.1) is 28.7 Å². The molecule has 1 atom stereocenters. The number of ketones is 1. The summed E-state index contributed by atoms with van der Waals surface area (Å²) in [5.74, 6) is -1.23. The summed E-state index contributed by atoms with van der Waals surface area (Å²) in [5, 5.41) is 7.17. The lowest BCUT2D eigenvalue weighted by atomic mass is 10.1. The van der Waals surface area contributed by atoms with Crippen LogP contribution in [0.15, 0.2) is 54.9 Å². The minimum absolute atomic E-state index is 0.292. The summed E-state index contributed by atoms with van der Waals surface area (Å²) in [5.41, 5.74) is 3.24. The SMILES string of the molecule is Cc1nn(-c2ccccc2)c(C)c1C(=O)C(=O)NC(C)c1ccncc1. The number of carbonyl (C=O) groups excluding carboxylic acids is 2. The first kappa shape index (κ1) is 17.5. The van der Waals surface area contributed by atoms with Gasteiger partial charge in [-0.3, -0.25) is 14.6 Å². The number of amides is 1. The minimum atomic E-state index is -0.645. The Labute approximate surface area is 151 Å². The van der Waals surface area contributed by atoms with Crippen LogP contribution >= 0.6 is 0 Å². The van der Waals surface area contributed by atoms with Crippen LogP contribution in [0.2, 0.25) is 0 Å². The Morgan fingerprint density at radius 1 is 1.04 bits per heavy atom. The smallest absolute Gasteiger partial charge is 0.293 e. The molecule has 0 fully saturated rings. The molecule has 0 aliphatic heterocycles. The first-order valence-corrected chi connectivity index (χ1v) is 8.35.